The fourth-order valence-corrected chi connectivity index (χ4v) is 1.89. The van der Waals surface area contributed by atoms with Gasteiger partial charge in [-0.1, -0.05) is 6.92 Å². The number of carbonyl (C=O) groups excluding carboxylic acids is 1. The molecule has 1 heterocycles. The number of nitrogens with one attached hydrogen (secondary N) is 1. The van der Waals surface area contributed by atoms with Crippen LogP contribution in [0.2, 0.25) is 0 Å². The molecule has 2 atom stereocenters. The number of carbonyl (C=O) groups is 2. The Labute approximate surface area is 83.7 Å². The molecule has 1 fully saturated rings. The minimum absolute atomic E-state index is 0.0168. The summed E-state index contributed by atoms with van der Waals surface area (Å²) in [6.45, 7) is 2.72. The Hall–Kier alpha value is -1.06. The molecule has 0 saturated carbocycles. The minimum atomic E-state index is -0.784. The zero-order valence-electron chi connectivity index (χ0n) is 8.45. The highest BCUT2D eigenvalue weighted by atomic mass is 16.4. The van der Waals surface area contributed by atoms with E-state index in [9.17, 15) is 9.59 Å². The van der Waals surface area contributed by atoms with Crippen molar-refractivity contribution in [3.05, 3.63) is 0 Å². The van der Waals surface area contributed by atoms with Crippen molar-refractivity contribution in [2.24, 2.45) is 11.8 Å². The Morgan fingerprint density at radius 1 is 1.71 bits per heavy atom. The van der Waals surface area contributed by atoms with Crippen molar-refractivity contribution in [3.63, 3.8) is 0 Å². The van der Waals surface area contributed by atoms with Crippen molar-refractivity contribution >= 4 is 11.9 Å². The van der Waals surface area contributed by atoms with E-state index >= 15 is 0 Å². The summed E-state index contributed by atoms with van der Waals surface area (Å²) in [7, 11) is 0. The van der Waals surface area contributed by atoms with Crippen LogP contribution in [-0.4, -0.2) is 23.5 Å². The molecular weight excluding hydrogens is 182 g/mol. The van der Waals surface area contributed by atoms with Gasteiger partial charge in [0.05, 0.1) is 0 Å². The van der Waals surface area contributed by atoms with E-state index in [-0.39, 0.29) is 24.2 Å². The maximum atomic E-state index is 11.4. The van der Waals surface area contributed by atoms with Gasteiger partial charge in [-0.3, -0.25) is 9.59 Å². The molecule has 0 aromatic carbocycles. The van der Waals surface area contributed by atoms with E-state index in [0.717, 1.165) is 19.4 Å². The molecule has 0 aromatic rings. The smallest absolute Gasteiger partial charge is 0.303 e. The van der Waals surface area contributed by atoms with Gasteiger partial charge in [0.25, 0.3) is 0 Å². The van der Waals surface area contributed by atoms with Crippen molar-refractivity contribution in [3.8, 4) is 0 Å². The van der Waals surface area contributed by atoms with Gasteiger partial charge in [-0.15, -0.1) is 0 Å². The summed E-state index contributed by atoms with van der Waals surface area (Å²) in [5.41, 5.74) is 0. The van der Waals surface area contributed by atoms with E-state index < -0.39 is 5.97 Å². The van der Waals surface area contributed by atoms with E-state index in [1.165, 1.54) is 0 Å². The number of piperidine rings is 1. The predicted octanol–water partition coefficient (Wildman–Crippen LogP) is 1.01. The molecular formula is C10H17NO3. The molecule has 0 bridgehead atoms. The molecule has 2 unspecified atom stereocenters. The van der Waals surface area contributed by atoms with Crippen LogP contribution < -0.4 is 5.32 Å². The van der Waals surface area contributed by atoms with Gasteiger partial charge in [0.1, 0.15) is 0 Å². The molecule has 1 amide bonds. The fraction of sp³-hybridized carbons (Fsp3) is 0.800. The molecule has 1 aliphatic heterocycles. The maximum Gasteiger partial charge on any atom is 0.303 e. The second kappa shape index (κ2) is 4.98. The zero-order valence-corrected chi connectivity index (χ0v) is 8.45. The second-order valence-corrected chi connectivity index (χ2v) is 3.95. The molecule has 4 nitrogen and oxygen atoms in total. The number of hydrogen-bond donors (Lipinski definition) is 2. The van der Waals surface area contributed by atoms with Gasteiger partial charge in [-0.05, 0) is 25.2 Å². The lowest BCUT2D eigenvalue weighted by Gasteiger charge is -2.26. The molecule has 0 radical (unpaired) electrons. The SMILES string of the molecule is CC(CCC(=O)O)C1CCCNC1=O. The van der Waals surface area contributed by atoms with Crippen LogP contribution in [-0.2, 0) is 9.59 Å². The second-order valence-electron chi connectivity index (χ2n) is 3.95. The number of rotatable bonds is 4. The van der Waals surface area contributed by atoms with Crippen LogP contribution in [0.1, 0.15) is 32.6 Å². The Bertz CT molecular complexity index is 227. The number of aliphatic carboxylic acids is 1. The number of carboxylic acids is 1. The minimum Gasteiger partial charge on any atom is -0.481 e. The average Bonchev–Trinajstić information content (AvgIpc) is 2.15. The highest BCUT2D eigenvalue weighted by Gasteiger charge is 2.27. The number of carboxylic acid groups (broad SMARTS) is 1. The zero-order chi connectivity index (χ0) is 10.6. The van der Waals surface area contributed by atoms with Crippen molar-refractivity contribution in [1.82, 2.24) is 5.32 Å². The Morgan fingerprint density at radius 3 is 3.00 bits per heavy atom. The molecule has 1 saturated heterocycles. The lowest BCUT2D eigenvalue weighted by atomic mass is 9.84. The molecule has 0 spiro atoms. The Morgan fingerprint density at radius 2 is 2.43 bits per heavy atom. The van der Waals surface area contributed by atoms with Gasteiger partial charge in [0, 0.05) is 18.9 Å². The van der Waals surface area contributed by atoms with Crippen molar-refractivity contribution < 1.29 is 14.7 Å². The maximum absolute atomic E-state index is 11.4. The third-order valence-electron chi connectivity index (χ3n) is 2.83. The van der Waals surface area contributed by atoms with Crippen LogP contribution in [0.4, 0.5) is 0 Å². The summed E-state index contributed by atoms with van der Waals surface area (Å²) in [5, 5.41) is 11.3. The van der Waals surface area contributed by atoms with E-state index in [2.05, 4.69) is 5.32 Å². The first-order valence-electron chi connectivity index (χ1n) is 5.10. The topological polar surface area (TPSA) is 66.4 Å². The van der Waals surface area contributed by atoms with E-state index in [0.29, 0.717) is 6.42 Å². The van der Waals surface area contributed by atoms with Crippen molar-refractivity contribution in [2.45, 2.75) is 32.6 Å². The fourth-order valence-electron chi connectivity index (χ4n) is 1.89. The first kappa shape index (κ1) is 11.0. The number of hydrogen-bond acceptors (Lipinski definition) is 2. The molecule has 0 aliphatic carbocycles. The molecule has 4 heteroatoms. The monoisotopic (exact) mass is 199 g/mol. The first-order chi connectivity index (χ1) is 6.61. The molecule has 0 aromatic heterocycles. The van der Waals surface area contributed by atoms with Crippen LogP contribution in [0, 0.1) is 11.8 Å². The third kappa shape index (κ3) is 3.01. The van der Waals surface area contributed by atoms with Gasteiger partial charge in [-0.25, -0.2) is 0 Å². The lowest BCUT2D eigenvalue weighted by molar-refractivity contribution is -0.138. The summed E-state index contributed by atoms with van der Waals surface area (Å²) in [6.07, 6.45) is 2.65. The van der Waals surface area contributed by atoms with E-state index in [4.69, 9.17) is 5.11 Å². The largest absolute Gasteiger partial charge is 0.481 e. The summed E-state index contributed by atoms with van der Waals surface area (Å²) >= 11 is 0. The Balaban J connectivity index is 2.38. The van der Waals surface area contributed by atoms with Gasteiger partial charge in [-0.2, -0.15) is 0 Å². The van der Waals surface area contributed by atoms with Crippen molar-refractivity contribution in [2.75, 3.05) is 6.54 Å². The summed E-state index contributed by atoms with van der Waals surface area (Å²) < 4.78 is 0. The molecule has 14 heavy (non-hydrogen) atoms. The van der Waals surface area contributed by atoms with Crippen LogP contribution >= 0.6 is 0 Å². The summed E-state index contributed by atoms with van der Waals surface area (Å²) in [6, 6.07) is 0. The van der Waals surface area contributed by atoms with Gasteiger partial charge in [0.15, 0.2) is 0 Å². The predicted molar refractivity (Wildman–Crippen MR) is 51.8 cm³/mol. The third-order valence-corrected chi connectivity index (χ3v) is 2.83. The number of amides is 1. The highest BCUT2D eigenvalue weighted by molar-refractivity contribution is 5.79. The molecule has 1 rings (SSSR count). The van der Waals surface area contributed by atoms with Crippen LogP contribution in [0.15, 0.2) is 0 Å². The van der Waals surface area contributed by atoms with Crippen LogP contribution in [0.25, 0.3) is 0 Å². The molecule has 1 aliphatic rings. The van der Waals surface area contributed by atoms with Crippen LogP contribution in [0.3, 0.4) is 0 Å². The van der Waals surface area contributed by atoms with Gasteiger partial charge < -0.3 is 10.4 Å². The Kier molecular flexibility index (Phi) is 3.92. The normalized spacial score (nSPS) is 24.1. The van der Waals surface area contributed by atoms with Gasteiger partial charge >= 0.3 is 5.97 Å². The highest BCUT2D eigenvalue weighted by Crippen LogP contribution is 2.24. The summed E-state index contributed by atoms with van der Waals surface area (Å²) in [5.74, 6) is -0.503. The van der Waals surface area contributed by atoms with E-state index in [1.54, 1.807) is 0 Å². The van der Waals surface area contributed by atoms with Gasteiger partial charge in [0.2, 0.25) is 5.91 Å². The van der Waals surface area contributed by atoms with Crippen molar-refractivity contribution in [1.29, 1.82) is 0 Å². The standard InChI is InChI=1S/C10H17NO3/c1-7(4-5-9(12)13)8-3-2-6-11-10(8)14/h7-8H,2-6H2,1H3,(H,11,14)(H,12,13). The molecule has 2 N–H and O–H groups in total. The summed E-state index contributed by atoms with van der Waals surface area (Å²) in [4.78, 5) is 21.8. The van der Waals surface area contributed by atoms with Crippen LogP contribution in [0.5, 0.6) is 0 Å². The van der Waals surface area contributed by atoms with E-state index in [1.807, 2.05) is 6.92 Å². The quantitative estimate of drug-likeness (QED) is 0.710. The lowest BCUT2D eigenvalue weighted by Crippen LogP contribution is -2.39. The average molecular weight is 199 g/mol. The first-order valence-corrected chi connectivity index (χ1v) is 5.10. The molecule has 80 valence electrons.